The third-order valence-corrected chi connectivity index (χ3v) is 5.31. The first kappa shape index (κ1) is 21.8. The number of ether oxygens (including phenoxy) is 1. The van der Waals surface area contributed by atoms with Crippen LogP contribution in [0.3, 0.4) is 0 Å². The van der Waals surface area contributed by atoms with Gasteiger partial charge in [0.05, 0.1) is 5.56 Å². The van der Waals surface area contributed by atoms with Crippen LogP contribution in [0.5, 0.6) is 0 Å². The van der Waals surface area contributed by atoms with Gasteiger partial charge in [-0.15, -0.1) is 0 Å². The van der Waals surface area contributed by atoms with E-state index in [9.17, 15) is 14.2 Å². The summed E-state index contributed by atoms with van der Waals surface area (Å²) >= 11 is 0. The fourth-order valence-corrected chi connectivity index (χ4v) is 3.45. The van der Waals surface area contributed by atoms with Crippen LogP contribution >= 0.6 is 8.03 Å². The molecule has 2 unspecified atom stereocenters. The number of benzene rings is 2. The van der Waals surface area contributed by atoms with Crippen molar-refractivity contribution in [2.45, 2.75) is 32.2 Å². The number of amides is 1. The second-order valence-corrected chi connectivity index (χ2v) is 7.77. The smallest absolute Gasteiger partial charge is 0.335 e. The Morgan fingerprint density at radius 2 is 1.75 bits per heavy atom. The monoisotopic (exact) mass is 405 g/mol. The van der Waals surface area contributed by atoms with E-state index in [-0.39, 0.29) is 12.0 Å². The molecule has 0 fully saturated rings. The van der Waals surface area contributed by atoms with Crippen LogP contribution in [0.25, 0.3) is 0 Å². The predicted octanol–water partition coefficient (Wildman–Crippen LogP) is 3.81. The lowest BCUT2D eigenvalue weighted by molar-refractivity contribution is -0.122. The molecule has 2 rings (SSSR count). The Morgan fingerprint density at radius 1 is 1.11 bits per heavy atom. The highest BCUT2D eigenvalue weighted by atomic mass is 31.1. The van der Waals surface area contributed by atoms with Gasteiger partial charge in [0.1, 0.15) is 11.9 Å². The molecule has 2 aromatic carbocycles. The number of nitrogens with one attached hydrogen (secondary N) is 1. The molecule has 0 saturated heterocycles. The topological polar surface area (TPSA) is 102 Å². The molecule has 0 radical (unpaired) electrons. The summed E-state index contributed by atoms with van der Waals surface area (Å²) in [6, 6.07) is 15.0. The maximum absolute atomic E-state index is 12.7. The highest BCUT2D eigenvalue weighted by Crippen LogP contribution is 2.33. The average molecular weight is 405 g/mol. The number of carboxylic acid groups (broad SMARTS) is 1. The number of carboxylic acids is 1. The van der Waals surface area contributed by atoms with Crippen molar-refractivity contribution < 1.29 is 28.5 Å². The van der Waals surface area contributed by atoms with Crippen molar-refractivity contribution in [1.82, 2.24) is 0 Å². The Morgan fingerprint density at radius 3 is 2.32 bits per heavy atom. The molecule has 7 nitrogen and oxygen atoms in total. The first-order valence-electron chi connectivity index (χ1n) is 8.91. The summed E-state index contributed by atoms with van der Waals surface area (Å²) in [4.78, 5) is 23.7. The van der Waals surface area contributed by atoms with Crippen LogP contribution in [0, 0.1) is 0 Å². The summed E-state index contributed by atoms with van der Waals surface area (Å²) in [6.45, 7) is 3.83. The summed E-state index contributed by atoms with van der Waals surface area (Å²) in [5.41, 5.74) is 1.41. The van der Waals surface area contributed by atoms with Gasteiger partial charge in [0.2, 0.25) is 8.03 Å². The van der Waals surface area contributed by atoms with Gasteiger partial charge in [-0.05, 0) is 43.7 Å². The van der Waals surface area contributed by atoms with E-state index in [4.69, 9.17) is 14.4 Å². The van der Waals surface area contributed by atoms with E-state index in [2.05, 4.69) is 5.32 Å². The molecule has 0 aliphatic rings. The normalized spacial score (nSPS) is 14.1. The minimum absolute atomic E-state index is 0.116. The Labute approximate surface area is 164 Å². The molecule has 0 bridgehead atoms. The Hall–Kier alpha value is -2.47. The van der Waals surface area contributed by atoms with Gasteiger partial charge in [-0.1, -0.05) is 30.3 Å². The summed E-state index contributed by atoms with van der Waals surface area (Å²) in [5, 5.41) is 11.6. The Balaban J connectivity index is 2.13. The van der Waals surface area contributed by atoms with Crippen LogP contribution in [0.1, 0.15) is 29.8 Å². The van der Waals surface area contributed by atoms with E-state index >= 15 is 0 Å². The maximum atomic E-state index is 12.7. The number of aromatic carboxylic acids is 1. The van der Waals surface area contributed by atoms with Crippen molar-refractivity contribution in [3.05, 3.63) is 65.7 Å². The first-order chi connectivity index (χ1) is 13.4. The highest BCUT2D eigenvalue weighted by Gasteiger charge is 2.25. The molecule has 0 spiro atoms. The van der Waals surface area contributed by atoms with Gasteiger partial charge >= 0.3 is 5.97 Å². The minimum atomic E-state index is -2.61. The van der Waals surface area contributed by atoms with Gasteiger partial charge in [0, 0.05) is 18.7 Å². The molecule has 0 aliphatic heterocycles. The zero-order chi connectivity index (χ0) is 20.5. The first-order valence-corrected chi connectivity index (χ1v) is 10.3. The van der Waals surface area contributed by atoms with Crippen LogP contribution in [0.2, 0.25) is 0 Å². The number of anilines is 1. The van der Waals surface area contributed by atoms with Crippen molar-refractivity contribution in [2.24, 2.45) is 0 Å². The lowest BCUT2D eigenvalue weighted by Crippen LogP contribution is -2.31. The molecule has 8 heteroatoms. The molecular weight excluding hydrogens is 381 g/mol. The number of hydrogen-bond donors (Lipinski definition) is 2. The predicted molar refractivity (Wildman–Crippen MR) is 107 cm³/mol. The molecule has 2 N–H and O–H groups in total. The van der Waals surface area contributed by atoms with Crippen molar-refractivity contribution in [3.63, 3.8) is 0 Å². The molecule has 2 aromatic rings. The summed E-state index contributed by atoms with van der Waals surface area (Å²) < 4.78 is 23.3. The standard InChI is InChI=1S/C20H24NO6P/c1-3-26-14(2)28(25)27-18(13-15-7-5-4-6-8-15)19(22)21-17-11-9-16(10-12-17)20(23)24/h4-12,14,18,28H,3,13H2,1-2H3,(H,21,22)(H,23,24)/t14?,18-/m0/s1. The highest BCUT2D eigenvalue weighted by molar-refractivity contribution is 7.39. The summed E-state index contributed by atoms with van der Waals surface area (Å²) in [5.74, 6) is -2.11. The third kappa shape index (κ3) is 6.60. The third-order valence-electron chi connectivity index (χ3n) is 3.96. The zero-order valence-electron chi connectivity index (χ0n) is 15.8. The molecule has 0 saturated carbocycles. The van der Waals surface area contributed by atoms with Crippen molar-refractivity contribution in [2.75, 3.05) is 11.9 Å². The summed E-state index contributed by atoms with van der Waals surface area (Å²) in [6.07, 6.45) is -0.731. The largest absolute Gasteiger partial charge is 0.478 e. The number of rotatable bonds is 10. The van der Waals surface area contributed by atoms with Crippen LogP contribution in [0.15, 0.2) is 54.6 Å². The van der Waals surface area contributed by atoms with Crippen molar-refractivity contribution in [3.8, 4) is 0 Å². The van der Waals surface area contributed by atoms with Gasteiger partial charge in [0.25, 0.3) is 5.91 Å². The van der Waals surface area contributed by atoms with E-state index in [1.165, 1.54) is 24.3 Å². The second-order valence-electron chi connectivity index (χ2n) is 6.08. The molecule has 150 valence electrons. The molecule has 3 atom stereocenters. The quantitative estimate of drug-likeness (QED) is 0.583. The van der Waals surface area contributed by atoms with Crippen LogP contribution in [0.4, 0.5) is 5.69 Å². The SMILES string of the molecule is CCOC(C)[PH](=O)O[C@@H](Cc1ccccc1)C(=O)Nc1ccc(C(=O)O)cc1. The zero-order valence-corrected chi connectivity index (χ0v) is 16.8. The van der Waals surface area contributed by atoms with Crippen molar-refractivity contribution >= 4 is 25.6 Å². The molecule has 0 aliphatic carbocycles. The fraction of sp³-hybridized carbons (Fsp3) is 0.300. The van der Waals surface area contributed by atoms with Gasteiger partial charge < -0.3 is 19.7 Å². The molecular formula is C20H24NO6P. The van der Waals surface area contributed by atoms with E-state index in [0.717, 1.165) is 5.56 Å². The van der Waals surface area contributed by atoms with Crippen LogP contribution < -0.4 is 5.32 Å². The molecule has 1 amide bonds. The van der Waals surface area contributed by atoms with E-state index in [1.807, 2.05) is 30.3 Å². The lowest BCUT2D eigenvalue weighted by Gasteiger charge is -2.20. The van der Waals surface area contributed by atoms with Gasteiger partial charge in [-0.3, -0.25) is 9.36 Å². The number of carbonyl (C=O) groups excluding carboxylic acids is 1. The summed E-state index contributed by atoms with van der Waals surface area (Å²) in [7, 11) is -2.61. The number of carbonyl (C=O) groups is 2. The Bertz CT molecular complexity index is 809. The van der Waals surface area contributed by atoms with E-state index in [0.29, 0.717) is 12.3 Å². The molecule has 0 aromatic heterocycles. The second kappa shape index (κ2) is 10.8. The minimum Gasteiger partial charge on any atom is -0.478 e. The maximum Gasteiger partial charge on any atom is 0.335 e. The van der Waals surface area contributed by atoms with Crippen LogP contribution in [-0.2, 0) is 25.0 Å². The average Bonchev–Trinajstić information content (AvgIpc) is 2.68. The van der Waals surface area contributed by atoms with Crippen molar-refractivity contribution in [1.29, 1.82) is 0 Å². The van der Waals surface area contributed by atoms with E-state index < -0.39 is 31.9 Å². The number of hydrogen-bond acceptors (Lipinski definition) is 5. The van der Waals surface area contributed by atoms with Gasteiger partial charge in [-0.25, -0.2) is 4.79 Å². The van der Waals surface area contributed by atoms with E-state index in [1.54, 1.807) is 13.8 Å². The lowest BCUT2D eigenvalue weighted by atomic mass is 10.1. The van der Waals surface area contributed by atoms with Crippen LogP contribution in [-0.4, -0.2) is 35.5 Å². The molecule has 28 heavy (non-hydrogen) atoms. The molecule has 0 heterocycles. The van der Waals surface area contributed by atoms with Gasteiger partial charge in [0.15, 0.2) is 0 Å². The Kier molecular flexibility index (Phi) is 8.39. The van der Waals surface area contributed by atoms with Gasteiger partial charge in [-0.2, -0.15) is 0 Å². The fourth-order valence-electron chi connectivity index (χ4n) is 2.49.